The molecule has 1 atom stereocenters. The molecule has 2 amide bonds. The quantitative estimate of drug-likeness (QED) is 0.665. The lowest BCUT2D eigenvalue weighted by molar-refractivity contribution is -0.156. The molecule has 1 aliphatic heterocycles. The maximum Gasteiger partial charge on any atom is 0.246 e. The summed E-state index contributed by atoms with van der Waals surface area (Å²) >= 11 is 0. The van der Waals surface area contributed by atoms with Gasteiger partial charge in [0, 0.05) is 26.6 Å². The first-order valence-electron chi connectivity index (χ1n) is 8.78. The first-order chi connectivity index (χ1) is 12.0. The summed E-state index contributed by atoms with van der Waals surface area (Å²) in [7, 11) is 5.62. The smallest absolute Gasteiger partial charge is 0.246 e. The third-order valence-electron chi connectivity index (χ3n) is 4.46. The molecule has 1 aliphatic rings. The van der Waals surface area contributed by atoms with Crippen molar-refractivity contribution in [1.82, 2.24) is 14.7 Å². The summed E-state index contributed by atoms with van der Waals surface area (Å²) in [6.07, 6.45) is 1.41. The van der Waals surface area contributed by atoms with Crippen LogP contribution in [0.3, 0.4) is 0 Å². The van der Waals surface area contributed by atoms with Crippen molar-refractivity contribution in [2.24, 2.45) is 0 Å². The zero-order valence-corrected chi connectivity index (χ0v) is 15.5. The zero-order chi connectivity index (χ0) is 18.2. The van der Waals surface area contributed by atoms with Gasteiger partial charge in [0.05, 0.1) is 13.2 Å². The molecular formula is C19H29N3O3. The third-order valence-corrected chi connectivity index (χ3v) is 4.46. The van der Waals surface area contributed by atoms with E-state index in [1.165, 1.54) is 0 Å². The van der Waals surface area contributed by atoms with Gasteiger partial charge in [-0.05, 0) is 32.6 Å². The summed E-state index contributed by atoms with van der Waals surface area (Å²) < 4.78 is 5.08. The van der Waals surface area contributed by atoms with Gasteiger partial charge in [-0.2, -0.15) is 0 Å². The van der Waals surface area contributed by atoms with Gasteiger partial charge in [0.1, 0.15) is 6.04 Å². The molecule has 138 valence electrons. The molecule has 0 spiro atoms. The molecule has 0 N–H and O–H groups in total. The molecular weight excluding hydrogens is 318 g/mol. The normalized spacial score (nSPS) is 18.3. The van der Waals surface area contributed by atoms with E-state index >= 15 is 0 Å². The van der Waals surface area contributed by atoms with Gasteiger partial charge >= 0.3 is 0 Å². The number of ether oxygens (including phenoxy) is 1. The van der Waals surface area contributed by atoms with E-state index in [9.17, 15) is 9.59 Å². The van der Waals surface area contributed by atoms with E-state index in [0.29, 0.717) is 26.1 Å². The topological polar surface area (TPSA) is 53.1 Å². The number of carbonyl (C=O) groups is 2. The second-order valence-corrected chi connectivity index (χ2v) is 6.70. The highest BCUT2D eigenvalue weighted by molar-refractivity contribution is 5.95. The van der Waals surface area contributed by atoms with Gasteiger partial charge in [-0.3, -0.25) is 9.59 Å². The van der Waals surface area contributed by atoms with Gasteiger partial charge in [0.2, 0.25) is 11.8 Å². The van der Waals surface area contributed by atoms with Crippen LogP contribution in [0.5, 0.6) is 0 Å². The predicted molar refractivity (Wildman–Crippen MR) is 97.3 cm³/mol. The number of rotatable bonds is 9. The number of hydrogen-bond donors (Lipinski definition) is 0. The van der Waals surface area contributed by atoms with Crippen molar-refractivity contribution in [2.45, 2.75) is 18.9 Å². The largest absolute Gasteiger partial charge is 0.383 e. The highest BCUT2D eigenvalue weighted by atomic mass is 16.5. The molecule has 6 nitrogen and oxygen atoms in total. The molecule has 0 bridgehead atoms. The van der Waals surface area contributed by atoms with Crippen LogP contribution in [0.25, 0.3) is 0 Å². The van der Waals surface area contributed by atoms with Crippen molar-refractivity contribution in [3.05, 3.63) is 35.9 Å². The van der Waals surface area contributed by atoms with Crippen LogP contribution in [0.1, 0.15) is 12.0 Å². The standard InChI is InChI=1S/C19H29N3O3/c1-20(2)10-7-11-22-17(14-16-8-5-4-6-9-16)19(24)21(12-13-25-3)15-18(22)23/h4-6,8-9,17H,7,10-15H2,1-3H3/t17-/m1/s1. The fourth-order valence-electron chi connectivity index (χ4n) is 3.11. The number of nitrogens with zero attached hydrogens (tertiary/aromatic N) is 3. The minimum absolute atomic E-state index is 0.0188. The lowest BCUT2D eigenvalue weighted by atomic mass is 10.0. The maximum absolute atomic E-state index is 13.0. The number of amides is 2. The van der Waals surface area contributed by atoms with E-state index in [0.717, 1.165) is 18.5 Å². The molecule has 2 rings (SSSR count). The molecule has 25 heavy (non-hydrogen) atoms. The van der Waals surface area contributed by atoms with Gasteiger partial charge in [0.15, 0.2) is 0 Å². The Morgan fingerprint density at radius 3 is 2.52 bits per heavy atom. The van der Waals surface area contributed by atoms with Crippen LogP contribution >= 0.6 is 0 Å². The first kappa shape index (κ1) is 19.4. The van der Waals surface area contributed by atoms with Crippen LogP contribution in [-0.4, -0.2) is 86.5 Å². The lowest BCUT2D eigenvalue weighted by Crippen LogP contribution is -2.61. The summed E-state index contributed by atoms with van der Waals surface area (Å²) in [5.74, 6) is 0.0424. The van der Waals surface area contributed by atoms with Crippen LogP contribution in [0.15, 0.2) is 30.3 Å². The zero-order valence-electron chi connectivity index (χ0n) is 15.5. The van der Waals surface area contributed by atoms with Crippen molar-refractivity contribution in [3.63, 3.8) is 0 Å². The molecule has 0 radical (unpaired) electrons. The molecule has 0 aromatic heterocycles. The van der Waals surface area contributed by atoms with E-state index in [1.807, 2.05) is 44.4 Å². The highest BCUT2D eigenvalue weighted by Gasteiger charge is 2.38. The Kier molecular flexibility index (Phi) is 7.40. The van der Waals surface area contributed by atoms with Crippen LogP contribution in [0.2, 0.25) is 0 Å². The summed E-state index contributed by atoms with van der Waals surface area (Å²) in [4.78, 5) is 31.1. The number of piperazine rings is 1. The Morgan fingerprint density at radius 1 is 1.16 bits per heavy atom. The number of methoxy groups -OCH3 is 1. The lowest BCUT2D eigenvalue weighted by Gasteiger charge is -2.40. The monoisotopic (exact) mass is 347 g/mol. The third kappa shape index (κ3) is 5.54. The Hall–Kier alpha value is -1.92. The van der Waals surface area contributed by atoms with Crippen LogP contribution in [0.4, 0.5) is 0 Å². The van der Waals surface area contributed by atoms with E-state index in [1.54, 1.807) is 16.9 Å². The van der Waals surface area contributed by atoms with Crippen molar-refractivity contribution >= 4 is 11.8 Å². The minimum atomic E-state index is -0.428. The molecule has 1 heterocycles. The molecule has 1 saturated heterocycles. The summed E-state index contributed by atoms with van der Waals surface area (Å²) in [6, 6.07) is 9.46. The van der Waals surface area contributed by atoms with Crippen molar-refractivity contribution < 1.29 is 14.3 Å². The van der Waals surface area contributed by atoms with Crippen molar-refractivity contribution in [3.8, 4) is 0 Å². The number of benzene rings is 1. The van der Waals surface area contributed by atoms with Gasteiger partial charge < -0.3 is 19.4 Å². The highest BCUT2D eigenvalue weighted by Crippen LogP contribution is 2.18. The SMILES string of the molecule is COCCN1CC(=O)N(CCCN(C)C)[C@H](Cc2ccccc2)C1=O. The van der Waals surface area contributed by atoms with Crippen molar-refractivity contribution in [1.29, 1.82) is 0 Å². The Balaban J connectivity index is 2.13. The van der Waals surface area contributed by atoms with E-state index in [2.05, 4.69) is 4.90 Å². The number of hydrogen-bond acceptors (Lipinski definition) is 4. The van der Waals surface area contributed by atoms with Crippen LogP contribution in [0, 0.1) is 0 Å². The van der Waals surface area contributed by atoms with Crippen LogP contribution in [-0.2, 0) is 20.7 Å². The summed E-state index contributed by atoms with van der Waals surface area (Å²) in [5.41, 5.74) is 1.07. The first-order valence-corrected chi connectivity index (χ1v) is 8.78. The van der Waals surface area contributed by atoms with E-state index in [-0.39, 0.29) is 18.4 Å². The predicted octanol–water partition coefficient (Wildman–Crippen LogP) is 0.867. The molecule has 1 aromatic carbocycles. The molecule has 0 unspecified atom stereocenters. The second-order valence-electron chi connectivity index (χ2n) is 6.70. The number of carbonyl (C=O) groups excluding carboxylic acids is 2. The van der Waals surface area contributed by atoms with E-state index in [4.69, 9.17) is 4.74 Å². The van der Waals surface area contributed by atoms with Gasteiger partial charge in [-0.1, -0.05) is 30.3 Å². The summed E-state index contributed by atoms with van der Waals surface area (Å²) in [6.45, 7) is 2.55. The average molecular weight is 347 g/mol. The molecule has 0 aliphatic carbocycles. The summed E-state index contributed by atoms with van der Waals surface area (Å²) in [5, 5.41) is 0. The fourth-order valence-corrected chi connectivity index (χ4v) is 3.11. The average Bonchev–Trinajstić information content (AvgIpc) is 2.59. The minimum Gasteiger partial charge on any atom is -0.383 e. The molecule has 1 aromatic rings. The van der Waals surface area contributed by atoms with Gasteiger partial charge in [-0.25, -0.2) is 0 Å². The van der Waals surface area contributed by atoms with Gasteiger partial charge in [0.25, 0.3) is 0 Å². The second kappa shape index (κ2) is 9.53. The molecule has 0 saturated carbocycles. The van der Waals surface area contributed by atoms with Crippen LogP contribution < -0.4 is 0 Å². The Morgan fingerprint density at radius 2 is 1.88 bits per heavy atom. The Bertz CT molecular complexity index is 562. The molecule has 1 fully saturated rings. The Labute approximate surface area is 150 Å². The fraction of sp³-hybridized carbons (Fsp3) is 0.579. The van der Waals surface area contributed by atoms with E-state index < -0.39 is 6.04 Å². The maximum atomic E-state index is 13.0. The van der Waals surface area contributed by atoms with Crippen molar-refractivity contribution in [2.75, 3.05) is 54.0 Å². The van der Waals surface area contributed by atoms with Gasteiger partial charge in [-0.15, -0.1) is 0 Å². The molecule has 6 heteroatoms.